The van der Waals surface area contributed by atoms with Crippen molar-refractivity contribution in [3.63, 3.8) is 0 Å². The molecule has 2 N–H and O–H groups in total. The highest BCUT2D eigenvalue weighted by molar-refractivity contribution is 5.11. The molecule has 37 heavy (non-hydrogen) atoms. The molecule has 9 atom stereocenters. The third kappa shape index (κ3) is 4.71. The Balaban J connectivity index is 1.24. The average molecular weight is 529 g/mol. The molecule has 0 spiro atoms. The lowest BCUT2D eigenvalue weighted by molar-refractivity contribution is -0.290. The van der Waals surface area contributed by atoms with Crippen molar-refractivity contribution in [2.75, 3.05) is 7.11 Å². The first-order chi connectivity index (χ1) is 17.2. The summed E-state index contributed by atoms with van der Waals surface area (Å²) in [5, 5.41) is 21.7. The van der Waals surface area contributed by atoms with Crippen LogP contribution in [0.4, 0.5) is 13.2 Å². The van der Waals surface area contributed by atoms with Gasteiger partial charge >= 0.3 is 6.18 Å². The molecule has 0 unspecified atom stereocenters. The minimum atomic E-state index is -4.53. The van der Waals surface area contributed by atoms with Crippen molar-refractivity contribution in [3.05, 3.63) is 0 Å². The van der Waals surface area contributed by atoms with E-state index in [-0.39, 0.29) is 24.2 Å². The first kappa shape index (κ1) is 28.2. The number of hydrogen-bond donors (Lipinski definition) is 2. The Bertz CT molecular complexity index is 823. The predicted molar refractivity (Wildman–Crippen MR) is 139 cm³/mol. The second-order valence-electron chi connectivity index (χ2n) is 14.8. The zero-order valence-corrected chi connectivity index (χ0v) is 23.6. The maximum atomic E-state index is 13.7. The number of halogens is 3. The number of hydrogen-bond acceptors (Lipinski definition) is 3. The Hall–Kier alpha value is -0.330. The number of fused-ring (bicyclic) bond motifs is 5. The minimum absolute atomic E-state index is 0.0245. The van der Waals surface area contributed by atoms with E-state index in [1.54, 1.807) is 7.11 Å². The molecule has 0 saturated heterocycles. The molecule has 0 radical (unpaired) electrons. The van der Waals surface area contributed by atoms with Gasteiger partial charge in [-0.3, -0.25) is 0 Å². The molecule has 0 heterocycles. The van der Waals surface area contributed by atoms with Crippen LogP contribution in [0.3, 0.4) is 0 Å². The van der Waals surface area contributed by atoms with E-state index in [0.717, 1.165) is 57.8 Å². The lowest BCUT2D eigenvalue weighted by Gasteiger charge is -2.62. The SMILES string of the molecule is CO[C@H]1CC[C@@](O)(CC[C@@H](C)[C@H]2CC[C@H]3[C@@H]4CC[C@H]5C[C@](O)(C(F)(F)F)CC[C@]5(C)[C@H]4CC[C@]23C)CC1. The second-order valence-corrected chi connectivity index (χ2v) is 14.8. The van der Waals surface area contributed by atoms with E-state index in [2.05, 4.69) is 20.8 Å². The first-order valence-corrected chi connectivity index (χ1v) is 15.3. The van der Waals surface area contributed by atoms with Crippen LogP contribution >= 0.6 is 0 Å². The van der Waals surface area contributed by atoms with Gasteiger partial charge in [0.1, 0.15) is 0 Å². The van der Waals surface area contributed by atoms with Crippen LogP contribution in [0.15, 0.2) is 0 Å². The van der Waals surface area contributed by atoms with Crippen LogP contribution in [-0.4, -0.2) is 40.8 Å². The predicted octanol–water partition coefficient (Wildman–Crippen LogP) is 7.68. The summed E-state index contributed by atoms with van der Waals surface area (Å²) >= 11 is 0. The number of methoxy groups -OCH3 is 1. The molecule has 0 aromatic rings. The third-order valence-corrected chi connectivity index (χ3v) is 13.3. The Morgan fingerprint density at radius 3 is 2.16 bits per heavy atom. The first-order valence-electron chi connectivity index (χ1n) is 15.3. The molecule has 0 amide bonds. The zero-order valence-electron chi connectivity index (χ0n) is 23.6. The summed E-state index contributed by atoms with van der Waals surface area (Å²) in [6.07, 6.45) is 8.25. The van der Waals surface area contributed by atoms with Gasteiger partial charge < -0.3 is 14.9 Å². The lowest BCUT2D eigenvalue weighted by atomic mass is 9.43. The van der Waals surface area contributed by atoms with Crippen molar-refractivity contribution in [2.45, 2.75) is 141 Å². The van der Waals surface area contributed by atoms with Crippen LogP contribution < -0.4 is 0 Å². The van der Waals surface area contributed by atoms with Crippen molar-refractivity contribution >= 4 is 0 Å². The molecule has 5 saturated carbocycles. The highest BCUT2D eigenvalue weighted by Gasteiger charge is 2.65. The number of rotatable bonds is 5. The number of alkyl halides is 3. The van der Waals surface area contributed by atoms with Crippen LogP contribution in [0.5, 0.6) is 0 Å². The molecule has 0 bridgehead atoms. The minimum Gasteiger partial charge on any atom is -0.390 e. The van der Waals surface area contributed by atoms with Crippen LogP contribution in [0.2, 0.25) is 0 Å². The summed E-state index contributed by atoms with van der Waals surface area (Å²) < 4.78 is 46.5. The third-order valence-electron chi connectivity index (χ3n) is 13.3. The van der Waals surface area contributed by atoms with E-state index in [1.165, 1.54) is 19.3 Å². The Labute approximate surface area is 222 Å². The zero-order chi connectivity index (χ0) is 26.9. The van der Waals surface area contributed by atoms with Gasteiger partial charge in [-0.15, -0.1) is 0 Å². The van der Waals surface area contributed by atoms with E-state index in [4.69, 9.17) is 4.74 Å². The molecule has 0 aliphatic heterocycles. The summed E-state index contributed by atoms with van der Waals surface area (Å²) in [5.74, 6) is 3.00. The van der Waals surface area contributed by atoms with Gasteiger partial charge in [0.15, 0.2) is 5.60 Å². The van der Waals surface area contributed by atoms with Gasteiger partial charge in [-0.1, -0.05) is 20.8 Å². The van der Waals surface area contributed by atoms with Crippen LogP contribution in [0.1, 0.15) is 117 Å². The van der Waals surface area contributed by atoms with E-state index in [0.29, 0.717) is 47.5 Å². The molecule has 6 heteroatoms. The topological polar surface area (TPSA) is 49.7 Å². The highest BCUT2D eigenvalue weighted by atomic mass is 19.4. The Morgan fingerprint density at radius 1 is 0.838 bits per heavy atom. The summed E-state index contributed by atoms with van der Waals surface area (Å²) in [5.41, 5.74) is -2.79. The lowest BCUT2D eigenvalue weighted by Crippen LogP contribution is -2.59. The fourth-order valence-electron chi connectivity index (χ4n) is 10.8. The summed E-state index contributed by atoms with van der Waals surface area (Å²) in [7, 11) is 1.77. The number of aliphatic hydroxyl groups is 2. The summed E-state index contributed by atoms with van der Waals surface area (Å²) in [6, 6.07) is 0. The van der Waals surface area contributed by atoms with E-state index < -0.39 is 17.4 Å². The van der Waals surface area contributed by atoms with Crippen LogP contribution in [0.25, 0.3) is 0 Å². The van der Waals surface area contributed by atoms with Crippen molar-refractivity contribution in [2.24, 2.45) is 46.3 Å². The molecule has 0 aromatic carbocycles. The highest BCUT2D eigenvalue weighted by Crippen LogP contribution is 2.69. The fraction of sp³-hybridized carbons (Fsp3) is 1.00. The van der Waals surface area contributed by atoms with E-state index in [1.807, 2.05) is 0 Å². The summed E-state index contributed by atoms with van der Waals surface area (Å²) in [6.45, 7) is 7.20. The van der Waals surface area contributed by atoms with Gasteiger partial charge in [0.25, 0.3) is 0 Å². The van der Waals surface area contributed by atoms with Crippen LogP contribution in [0, 0.1) is 46.3 Å². The van der Waals surface area contributed by atoms with Gasteiger partial charge in [0, 0.05) is 7.11 Å². The molecule has 5 aliphatic rings. The molecular formula is C31H51F3O3. The van der Waals surface area contributed by atoms with Gasteiger partial charge in [-0.25, -0.2) is 0 Å². The monoisotopic (exact) mass is 528 g/mol. The maximum Gasteiger partial charge on any atom is 0.417 e. The molecule has 0 aromatic heterocycles. The molecular weight excluding hydrogens is 477 g/mol. The second kappa shape index (κ2) is 9.65. The molecule has 5 aliphatic carbocycles. The standard InChI is InChI=1S/C31H51F3O3/c1-20(9-14-29(35)15-10-22(37-4)11-16-29)24-7-8-25-23-6-5-21-19-30(36,31(32,33)34)18-17-27(21,2)26(23)12-13-28(24,25)3/h20-26,35-36H,5-19H2,1-4H3/t20-,21+,22-,23+,24-,25+,26+,27+,28-,29-,30+/m1/s1. The van der Waals surface area contributed by atoms with Gasteiger partial charge in [-0.05, 0) is 143 Å². The van der Waals surface area contributed by atoms with Crippen molar-refractivity contribution in [3.8, 4) is 0 Å². The van der Waals surface area contributed by atoms with Crippen LogP contribution in [-0.2, 0) is 4.74 Å². The fourth-order valence-corrected chi connectivity index (χ4v) is 10.8. The normalized spacial score (nSPS) is 51.2. The smallest absolute Gasteiger partial charge is 0.390 e. The Morgan fingerprint density at radius 2 is 1.51 bits per heavy atom. The van der Waals surface area contributed by atoms with Gasteiger partial charge in [0.05, 0.1) is 11.7 Å². The van der Waals surface area contributed by atoms with E-state index in [9.17, 15) is 23.4 Å². The van der Waals surface area contributed by atoms with E-state index >= 15 is 0 Å². The molecule has 3 nitrogen and oxygen atoms in total. The average Bonchev–Trinajstić information content (AvgIpc) is 3.20. The van der Waals surface area contributed by atoms with Gasteiger partial charge in [0.2, 0.25) is 0 Å². The van der Waals surface area contributed by atoms with Gasteiger partial charge in [-0.2, -0.15) is 13.2 Å². The quantitative estimate of drug-likeness (QED) is 0.385. The summed E-state index contributed by atoms with van der Waals surface area (Å²) in [4.78, 5) is 0. The van der Waals surface area contributed by atoms with Crippen molar-refractivity contribution < 1.29 is 28.1 Å². The van der Waals surface area contributed by atoms with Crippen molar-refractivity contribution in [1.82, 2.24) is 0 Å². The molecule has 5 fully saturated rings. The largest absolute Gasteiger partial charge is 0.417 e. The number of ether oxygens (including phenoxy) is 1. The molecule has 214 valence electrons. The molecule has 5 rings (SSSR count). The maximum absolute atomic E-state index is 13.7. The van der Waals surface area contributed by atoms with Crippen molar-refractivity contribution in [1.29, 1.82) is 0 Å². The Kier molecular flexibility index (Phi) is 7.35.